The molecule has 5 heteroatoms. The zero-order valence-corrected chi connectivity index (χ0v) is 13.5. The normalized spacial score (nSPS) is 10.7. The summed E-state index contributed by atoms with van der Waals surface area (Å²) in [5.74, 6) is 0.875. The van der Waals surface area contributed by atoms with Crippen LogP contribution in [0.15, 0.2) is 28.1 Å². The van der Waals surface area contributed by atoms with Gasteiger partial charge in [0.05, 0.1) is 10.7 Å². The number of halogens is 1. The standard InChI is InChI=1S/C14H17BrN2OS/c1-3-14-17-11(9-19-14)8-18-12-4-5-13(15)10(6-12)7-16-2/h4-6,9,16H,3,7-8H2,1-2H3. The van der Waals surface area contributed by atoms with E-state index < -0.39 is 0 Å². The van der Waals surface area contributed by atoms with Gasteiger partial charge in [-0.05, 0) is 37.2 Å². The zero-order valence-electron chi connectivity index (χ0n) is 11.1. The number of aromatic nitrogens is 1. The van der Waals surface area contributed by atoms with E-state index in [9.17, 15) is 0 Å². The maximum Gasteiger partial charge on any atom is 0.131 e. The minimum atomic E-state index is 0.525. The number of benzene rings is 1. The third-order valence-corrected chi connectivity index (χ3v) is 4.49. The van der Waals surface area contributed by atoms with Gasteiger partial charge in [0.25, 0.3) is 0 Å². The van der Waals surface area contributed by atoms with E-state index in [1.165, 1.54) is 5.56 Å². The van der Waals surface area contributed by atoms with Crippen molar-refractivity contribution in [3.8, 4) is 5.75 Å². The SMILES string of the molecule is CCc1nc(COc2ccc(Br)c(CNC)c2)cs1. The first-order valence-electron chi connectivity index (χ1n) is 6.22. The lowest BCUT2D eigenvalue weighted by molar-refractivity contribution is 0.301. The summed E-state index contributed by atoms with van der Waals surface area (Å²) >= 11 is 5.22. The summed E-state index contributed by atoms with van der Waals surface area (Å²) in [4.78, 5) is 4.49. The average Bonchev–Trinajstić information content (AvgIpc) is 2.88. The van der Waals surface area contributed by atoms with E-state index in [-0.39, 0.29) is 0 Å². The summed E-state index contributed by atoms with van der Waals surface area (Å²) in [6.07, 6.45) is 0.981. The van der Waals surface area contributed by atoms with Crippen LogP contribution in [0.2, 0.25) is 0 Å². The van der Waals surface area contributed by atoms with Crippen molar-refractivity contribution in [2.75, 3.05) is 7.05 Å². The molecule has 0 aliphatic carbocycles. The minimum absolute atomic E-state index is 0.525. The summed E-state index contributed by atoms with van der Waals surface area (Å²) in [6, 6.07) is 6.03. The van der Waals surface area contributed by atoms with Crippen molar-refractivity contribution in [1.82, 2.24) is 10.3 Å². The zero-order chi connectivity index (χ0) is 13.7. The van der Waals surface area contributed by atoms with Crippen molar-refractivity contribution in [3.63, 3.8) is 0 Å². The lowest BCUT2D eigenvalue weighted by Gasteiger charge is -2.08. The summed E-state index contributed by atoms with van der Waals surface area (Å²) in [5.41, 5.74) is 2.19. The predicted molar refractivity (Wildman–Crippen MR) is 82.7 cm³/mol. The molecule has 0 aliphatic rings. The topological polar surface area (TPSA) is 34.1 Å². The van der Waals surface area contributed by atoms with Crippen molar-refractivity contribution in [2.45, 2.75) is 26.5 Å². The average molecular weight is 341 g/mol. The maximum atomic E-state index is 5.79. The molecule has 19 heavy (non-hydrogen) atoms. The molecule has 2 aromatic rings. The highest BCUT2D eigenvalue weighted by Crippen LogP contribution is 2.23. The van der Waals surface area contributed by atoms with E-state index in [1.54, 1.807) is 11.3 Å². The van der Waals surface area contributed by atoms with Crippen LogP contribution >= 0.6 is 27.3 Å². The Labute approximate surface area is 126 Å². The van der Waals surface area contributed by atoms with Crippen molar-refractivity contribution in [3.05, 3.63) is 44.3 Å². The van der Waals surface area contributed by atoms with Crippen LogP contribution in [0.25, 0.3) is 0 Å². The van der Waals surface area contributed by atoms with Gasteiger partial charge in [-0.25, -0.2) is 4.98 Å². The molecule has 0 saturated carbocycles. The van der Waals surface area contributed by atoms with Crippen molar-refractivity contribution >= 4 is 27.3 Å². The van der Waals surface area contributed by atoms with Crippen LogP contribution in [-0.2, 0) is 19.6 Å². The first-order chi connectivity index (χ1) is 9.22. The molecule has 0 atom stereocenters. The van der Waals surface area contributed by atoms with E-state index >= 15 is 0 Å². The Morgan fingerprint density at radius 2 is 2.26 bits per heavy atom. The smallest absolute Gasteiger partial charge is 0.131 e. The summed E-state index contributed by atoms with van der Waals surface area (Å²) in [7, 11) is 1.93. The second kappa shape index (κ2) is 7.03. The van der Waals surface area contributed by atoms with Crippen LogP contribution in [0, 0.1) is 0 Å². The molecular formula is C14H17BrN2OS. The van der Waals surface area contributed by atoms with Crippen LogP contribution < -0.4 is 10.1 Å². The van der Waals surface area contributed by atoms with E-state index in [2.05, 4.69) is 38.5 Å². The van der Waals surface area contributed by atoms with Gasteiger partial charge in [-0.2, -0.15) is 0 Å². The Morgan fingerprint density at radius 3 is 2.95 bits per heavy atom. The second-order valence-electron chi connectivity index (χ2n) is 4.16. The van der Waals surface area contributed by atoms with Gasteiger partial charge < -0.3 is 10.1 Å². The molecule has 102 valence electrons. The van der Waals surface area contributed by atoms with Crippen molar-refractivity contribution in [1.29, 1.82) is 0 Å². The molecule has 1 aromatic carbocycles. The van der Waals surface area contributed by atoms with Crippen LogP contribution in [0.3, 0.4) is 0 Å². The van der Waals surface area contributed by atoms with Crippen LogP contribution in [-0.4, -0.2) is 12.0 Å². The number of rotatable bonds is 6. The maximum absolute atomic E-state index is 5.79. The highest BCUT2D eigenvalue weighted by atomic mass is 79.9. The molecule has 0 bridgehead atoms. The Bertz CT molecular complexity index is 542. The molecule has 0 amide bonds. The summed E-state index contributed by atoms with van der Waals surface area (Å²) < 4.78 is 6.88. The molecule has 0 aliphatic heterocycles. The van der Waals surface area contributed by atoms with Gasteiger partial charge in [0.1, 0.15) is 12.4 Å². The number of hydrogen-bond acceptors (Lipinski definition) is 4. The fourth-order valence-electron chi connectivity index (χ4n) is 1.70. The van der Waals surface area contributed by atoms with E-state index in [0.717, 1.165) is 33.9 Å². The van der Waals surface area contributed by atoms with Crippen molar-refractivity contribution < 1.29 is 4.74 Å². The van der Waals surface area contributed by atoms with Crippen LogP contribution in [0.5, 0.6) is 5.75 Å². The molecule has 3 nitrogen and oxygen atoms in total. The van der Waals surface area contributed by atoms with Gasteiger partial charge >= 0.3 is 0 Å². The quantitative estimate of drug-likeness (QED) is 0.869. The van der Waals surface area contributed by atoms with E-state index in [0.29, 0.717) is 6.61 Å². The Kier molecular flexibility index (Phi) is 5.36. The Hall–Kier alpha value is -0.910. The van der Waals surface area contributed by atoms with Gasteiger partial charge in [0, 0.05) is 16.4 Å². The molecular weight excluding hydrogens is 324 g/mol. The molecule has 0 fully saturated rings. The van der Waals surface area contributed by atoms with Gasteiger partial charge in [-0.3, -0.25) is 0 Å². The highest BCUT2D eigenvalue weighted by molar-refractivity contribution is 9.10. The molecule has 0 unspecified atom stereocenters. The van der Waals surface area contributed by atoms with E-state index in [4.69, 9.17) is 4.74 Å². The Balaban J connectivity index is 2.00. The molecule has 0 saturated heterocycles. The molecule has 1 heterocycles. The fourth-order valence-corrected chi connectivity index (χ4v) is 2.82. The largest absolute Gasteiger partial charge is 0.487 e. The van der Waals surface area contributed by atoms with E-state index in [1.807, 2.05) is 25.2 Å². The summed E-state index contributed by atoms with van der Waals surface area (Å²) in [6.45, 7) is 3.45. The molecule has 1 aromatic heterocycles. The molecule has 2 rings (SSSR count). The van der Waals surface area contributed by atoms with Crippen LogP contribution in [0.1, 0.15) is 23.2 Å². The number of thiazole rings is 1. The lowest BCUT2D eigenvalue weighted by Crippen LogP contribution is -2.06. The Morgan fingerprint density at radius 1 is 1.42 bits per heavy atom. The fraction of sp³-hybridized carbons (Fsp3) is 0.357. The third-order valence-electron chi connectivity index (χ3n) is 2.67. The molecule has 0 radical (unpaired) electrons. The van der Waals surface area contributed by atoms with Gasteiger partial charge in [-0.1, -0.05) is 22.9 Å². The predicted octanol–water partition coefficient (Wildman–Crippen LogP) is 3.77. The number of ether oxygens (including phenoxy) is 1. The summed E-state index contributed by atoms with van der Waals surface area (Å²) in [5, 5.41) is 6.36. The number of nitrogens with one attached hydrogen (secondary N) is 1. The molecule has 1 N–H and O–H groups in total. The van der Waals surface area contributed by atoms with Gasteiger partial charge in [-0.15, -0.1) is 11.3 Å². The first kappa shape index (κ1) is 14.5. The highest BCUT2D eigenvalue weighted by Gasteiger charge is 2.04. The lowest BCUT2D eigenvalue weighted by atomic mass is 10.2. The van der Waals surface area contributed by atoms with Gasteiger partial charge in [0.15, 0.2) is 0 Å². The third kappa shape index (κ3) is 4.03. The minimum Gasteiger partial charge on any atom is -0.487 e. The second-order valence-corrected chi connectivity index (χ2v) is 5.96. The number of aryl methyl sites for hydroxylation is 1. The first-order valence-corrected chi connectivity index (χ1v) is 7.89. The van der Waals surface area contributed by atoms with Crippen molar-refractivity contribution in [2.24, 2.45) is 0 Å². The molecule has 0 spiro atoms. The monoisotopic (exact) mass is 340 g/mol. The number of hydrogen-bond donors (Lipinski definition) is 1. The van der Waals surface area contributed by atoms with Crippen LogP contribution in [0.4, 0.5) is 0 Å². The van der Waals surface area contributed by atoms with Gasteiger partial charge in [0.2, 0.25) is 0 Å². The number of nitrogens with zero attached hydrogens (tertiary/aromatic N) is 1.